The van der Waals surface area contributed by atoms with Crippen LogP contribution in [-0.4, -0.2) is 33.7 Å². The van der Waals surface area contributed by atoms with Gasteiger partial charge in [-0.05, 0) is 19.8 Å². The quantitative estimate of drug-likeness (QED) is 0.913. The number of hydrogen-bond acceptors (Lipinski definition) is 3. The molecule has 5 heteroatoms. The van der Waals surface area contributed by atoms with Crippen LogP contribution in [0.3, 0.4) is 0 Å². The highest BCUT2D eigenvalue weighted by molar-refractivity contribution is 6.30. The summed E-state index contributed by atoms with van der Waals surface area (Å²) < 4.78 is 7.28. The number of halogens is 1. The predicted molar refractivity (Wildman–Crippen MR) is 70.8 cm³/mol. The number of rotatable bonds is 4. The van der Waals surface area contributed by atoms with Crippen molar-refractivity contribution < 1.29 is 9.84 Å². The van der Waals surface area contributed by atoms with Crippen molar-refractivity contribution in [2.45, 2.75) is 45.3 Å². The van der Waals surface area contributed by atoms with Crippen molar-refractivity contribution in [3.05, 3.63) is 16.4 Å². The Kier molecular flexibility index (Phi) is 4.30. The van der Waals surface area contributed by atoms with E-state index in [1.165, 1.54) is 0 Å². The number of aliphatic hydroxyl groups is 1. The first-order chi connectivity index (χ1) is 8.54. The molecular formula is C13H21ClN2O2. The molecule has 1 aliphatic rings. The Hall–Kier alpha value is -0.580. The smallest absolute Gasteiger partial charge is 0.130 e. The van der Waals surface area contributed by atoms with Gasteiger partial charge in [-0.15, -0.1) is 0 Å². The van der Waals surface area contributed by atoms with E-state index in [9.17, 15) is 5.11 Å². The molecule has 0 radical (unpaired) electrons. The van der Waals surface area contributed by atoms with E-state index in [0.29, 0.717) is 11.6 Å². The molecule has 0 amide bonds. The molecule has 0 aliphatic carbocycles. The molecule has 0 saturated carbocycles. The van der Waals surface area contributed by atoms with Gasteiger partial charge in [0, 0.05) is 31.6 Å². The zero-order valence-corrected chi connectivity index (χ0v) is 11.9. The highest BCUT2D eigenvalue weighted by Gasteiger charge is 2.33. The average molecular weight is 273 g/mol. The van der Waals surface area contributed by atoms with Crippen molar-refractivity contribution in [1.82, 2.24) is 9.78 Å². The second-order valence-corrected chi connectivity index (χ2v) is 5.38. The van der Waals surface area contributed by atoms with E-state index in [-0.39, 0.29) is 12.0 Å². The molecule has 102 valence electrons. The van der Waals surface area contributed by atoms with Crippen LogP contribution in [0.4, 0.5) is 0 Å². The monoisotopic (exact) mass is 272 g/mol. The minimum atomic E-state index is -0.405. The normalized spacial score (nSPS) is 25.6. The molecule has 3 atom stereocenters. The molecule has 1 N–H and O–H groups in total. The molecule has 1 fully saturated rings. The second kappa shape index (κ2) is 5.59. The Morgan fingerprint density at radius 2 is 2.33 bits per heavy atom. The number of aryl methyl sites for hydroxylation is 2. The van der Waals surface area contributed by atoms with Crippen LogP contribution in [-0.2, 0) is 18.2 Å². The van der Waals surface area contributed by atoms with Gasteiger partial charge in [0.05, 0.1) is 17.9 Å². The Morgan fingerprint density at radius 1 is 1.61 bits per heavy atom. The maximum absolute atomic E-state index is 10.4. The minimum absolute atomic E-state index is 0.177. The molecule has 4 nitrogen and oxygen atoms in total. The summed E-state index contributed by atoms with van der Waals surface area (Å²) in [5, 5.41) is 15.3. The van der Waals surface area contributed by atoms with Crippen LogP contribution in [0, 0.1) is 12.8 Å². The minimum Gasteiger partial charge on any atom is -0.392 e. The van der Waals surface area contributed by atoms with Gasteiger partial charge in [-0.2, -0.15) is 5.10 Å². The Labute approximate surface area is 113 Å². The number of hydrogen-bond donors (Lipinski definition) is 1. The molecule has 1 aromatic heterocycles. The van der Waals surface area contributed by atoms with Crippen molar-refractivity contribution >= 4 is 11.6 Å². The fraction of sp³-hybridized carbons (Fsp3) is 0.769. The van der Waals surface area contributed by atoms with E-state index in [1.54, 1.807) is 4.68 Å². The van der Waals surface area contributed by atoms with E-state index in [1.807, 2.05) is 14.0 Å². The molecular weight excluding hydrogens is 252 g/mol. The molecule has 1 aliphatic heterocycles. The Morgan fingerprint density at radius 3 is 2.89 bits per heavy atom. The fourth-order valence-electron chi connectivity index (χ4n) is 2.79. The Balaban J connectivity index is 2.09. The molecule has 2 heterocycles. The fourth-order valence-corrected chi connectivity index (χ4v) is 3.04. The third kappa shape index (κ3) is 2.56. The number of aliphatic hydroxyl groups excluding tert-OH is 1. The summed E-state index contributed by atoms with van der Waals surface area (Å²) in [5.74, 6) is 0.214. The molecule has 0 aromatic carbocycles. The van der Waals surface area contributed by atoms with Crippen LogP contribution in [0.15, 0.2) is 0 Å². The summed E-state index contributed by atoms with van der Waals surface area (Å²) >= 11 is 6.19. The lowest BCUT2D eigenvalue weighted by Gasteiger charge is -2.22. The molecule has 0 bridgehead atoms. The van der Waals surface area contributed by atoms with Crippen molar-refractivity contribution in [2.24, 2.45) is 13.0 Å². The molecule has 1 aromatic rings. The third-order valence-electron chi connectivity index (χ3n) is 3.84. The van der Waals surface area contributed by atoms with Gasteiger partial charge in [0.2, 0.25) is 0 Å². The number of nitrogens with zero attached hydrogens (tertiary/aromatic N) is 2. The highest BCUT2D eigenvalue weighted by atomic mass is 35.5. The van der Waals surface area contributed by atoms with Crippen molar-refractivity contribution in [3.8, 4) is 0 Å². The molecule has 2 rings (SSSR count). The largest absolute Gasteiger partial charge is 0.392 e. The van der Waals surface area contributed by atoms with E-state index in [2.05, 4.69) is 12.0 Å². The van der Waals surface area contributed by atoms with E-state index in [0.717, 1.165) is 30.7 Å². The van der Waals surface area contributed by atoms with Crippen LogP contribution in [0.2, 0.25) is 5.15 Å². The number of ether oxygens (including phenoxy) is 1. The first-order valence-corrected chi connectivity index (χ1v) is 6.90. The SMILES string of the molecule is CCC1OCCC1C(O)Cc1c(C)nn(C)c1Cl. The molecule has 0 spiro atoms. The van der Waals surface area contributed by atoms with Gasteiger partial charge in [0.25, 0.3) is 0 Å². The van der Waals surface area contributed by atoms with Crippen LogP contribution >= 0.6 is 11.6 Å². The van der Waals surface area contributed by atoms with Crippen LogP contribution in [0.25, 0.3) is 0 Å². The lowest BCUT2D eigenvalue weighted by Crippen LogP contribution is -2.29. The third-order valence-corrected chi connectivity index (χ3v) is 4.31. The average Bonchev–Trinajstić information content (AvgIpc) is 2.90. The van der Waals surface area contributed by atoms with Crippen molar-refractivity contribution in [2.75, 3.05) is 6.61 Å². The van der Waals surface area contributed by atoms with Gasteiger partial charge in [-0.25, -0.2) is 0 Å². The molecule has 3 unspecified atom stereocenters. The summed E-state index contributed by atoms with van der Waals surface area (Å²) in [6.45, 7) is 4.77. The van der Waals surface area contributed by atoms with E-state index < -0.39 is 6.10 Å². The second-order valence-electron chi connectivity index (χ2n) is 5.02. The zero-order valence-electron chi connectivity index (χ0n) is 11.2. The van der Waals surface area contributed by atoms with Crippen LogP contribution in [0.5, 0.6) is 0 Å². The van der Waals surface area contributed by atoms with E-state index >= 15 is 0 Å². The maximum Gasteiger partial charge on any atom is 0.130 e. The highest BCUT2D eigenvalue weighted by Crippen LogP contribution is 2.30. The first kappa shape index (κ1) is 13.8. The van der Waals surface area contributed by atoms with E-state index in [4.69, 9.17) is 16.3 Å². The number of aromatic nitrogens is 2. The topological polar surface area (TPSA) is 47.3 Å². The van der Waals surface area contributed by atoms with Gasteiger partial charge >= 0.3 is 0 Å². The molecule has 1 saturated heterocycles. The zero-order chi connectivity index (χ0) is 13.3. The summed E-state index contributed by atoms with van der Waals surface area (Å²) in [4.78, 5) is 0. The van der Waals surface area contributed by atoms with Crippen LogP contribution < -0.4 is 0 Å². The Bertz CT molecular complexity index is 419. The van der Waals surface area contributed by atoms with Gasteiger partial charge in [-0.1, -0.05) is 18.5 Å². The van der Waals surface area contributed by atoms with Gasteiger partial charge < -0.3 is 9.84 Å². The van der Waals surface area contributed by atoms with Gasteiger partial charge in [0.1, 0.15) is 5.15 Å². The summed E-state index contributed by atoms with van der Waals surface area (Å²) in [5.41, 5.74) is 1.85. The van der Waals surface area contributed by atoms with Crippen molar-refractivity contribution in [3.63, 3.8) is 0 Å². The lowest BCUT2D eigenvalue weighted by atomic mass is 9.89. The van der Waals surface area contributed by atoms with Crippen molar-refractivity contribution in [1.29, 1.82) is 0 Å². The lowest BCUT2D eigenvalue weighted by molar-refractivity contribution is 0.0317. The summed E-state index contributed by atoms with van der Waals surface area (Å²) in [6.07, 6.45) is 2.20. The standard InChI is InChI=1S/C13H21ClN2O2/c1-4-12-9(5-6-18-12)11(17)7-10-8(2)15-16(3)13(10)14/h9,11-12,17H,4-7H2,1-3H3. The van der Waals surface area contributed by atoms with Crippen LogP contribution in [0.1, 0.15) is 31.0 Å². The maximum atomic E-state index is 10.4. The first-order valence-electron chi connectivity index (χ1n) is 6.52. The predicted octanol–water partition coefficient (Wildman–Crippen LogP) is 2.10. The van der Waals surface area contributed by atoms with Gasteiger partial charge in [-0.3, -0.25) is 4.68 Å². The summed E-state index contributed by atoms with van der Waals surface area (Å²) in [7, 11) is 1.82. The molecule has 18 heavy (non-hydrogen) atoms. The summed E-state index contributed by atoms with van der Waals surface area (Å²) in [6, 6.07) is 0. The van der Waals surface area contributed by atoms with Gasteiger partial charge in [0.15, 0.2) is 0 Å².